The van der Waals surface area contributed by atoms with E-state index in [1.807, 2.05) is 115 Å². The van der Waals surface area contributed by atoms with E-state index >= 15 is 0 Å². The molecule has 0 aromatic heterocycles. The van der Waals surface area contributed by atoms with Crippen molar-refractivity contribution in [2.45, 2.75) is 5.41 Å². The average Bonchev–Trinajstić information content (AvgIpc) is 3.31. The molecule has 41 heavy (non-hydrogen) atoms. The first-order chi connectivity index (χ1) is 20.2. The Bertz CT molecular complexity index is 1760. The van der Waals surface area contributed by atoms with Gasteiger partial charge in [0.1, 0.15) is 11.2 Å². The maximum absolute atomic E-state index is 14.8. The highest BCUT2D eigenvalue weighted by Gasteiger charge is 2.57. The Hall–Kier alpha value is -4.92. The largest absolute Gasteiger partial charge is 0.423 e. The highest BCUT2D eigenvalue weighted by molar-refractivity contribution is 7.96. The van der Waals surface area contributed by atoms with Crippen LogP contribution >= 0.6 is 6.89 Å². The van der Waals surface area contributed by atoms with Gasteiger partial charge in [-0.15, -0.1) is 0 Å². The van der Waals surface area contributed by atoms with E-state index in [2.05, 4.69) is 41.7 Å². The number of carbonyl (C=O) groups is 2. The Balaban J connectivity index is 1.75. The van der Waals surface area contributed by atoms with Gasteiger partial charge in [-0.25, -0.2) is 4.79 Å². The molecule has 1 atom stereocenters. The standard InChI is InChI=1S/C36H26NO3P/c38-34-33(41(27-17-7-2-8-18-27,28-19-9-3-10-20-28)29-21-11-4-12-22-29)36(25-32(40-34)26-15-5-1-6-16-26)30-23-13-14-24-31(30)37-35(36)39/h1-25H,(H,37,39). The number of rotatable bonds is 4. The third-order valence-corrected chi connectivity index (χ3v) is 12.3. The molecule has 1 spiro atoms. The van der Waals surface area contributed by atoms with Crippen LogP contribution < -0.4 is 21.2 Å². The van der Waals surface area contributed by atoms with Gasteiger partial charge in [0, 0.05) is 11.3 Å². The Kier molecular flexibility index (Phi) is 6.07. The summed E-state index contributed by atoms with van der Waals surface area (Å²) < 4.78 is 6.24. The van der Waals surface area contributed by atoms with Gasteiger partial charge in [0.15, 0.2) is 0 Å². The minimum absolute atomic E-state index is 0.258. The number of nitrogens with one attached hydrogen (secondary N) is 1. The van der Waals surface area contributed by atoms with Gasteiger partial charge in [-0.1, -0.05) is 140 Å². The second kappa shape index (κ2) is 9.92. The van der Waals surface area contributed by atoms with Crippen molar-refractivity contribution in [3.05, 3.63) is 163 Å². The maximum Gasteiger partial charge on any atom is 0.342 e. The Morgan fingerprint density at radius 1 is 0.561 bits per heavy atom. The number of hydrogen-bond acceptors (Lipinski definition) is 3. The number of cyclic esters (lactones) is 1. The van der Waals surface area contributed by atoms with E-state index in [0.717, 1.165) is 27.0 Å². The van der Waals surface area contributed by atoms with Gasteiger partial charge in [0.25, 0.3) is 0 Å². The van der Waals surface area contributed by atoms with Crippen LogP contribution in [0.3, 0.4) is 0 Å². The molecule has 0 radical (unpaired) electrons. The lowest BCUT2D eigenvalue weighted by molar-refractivity contribution is -0.130. The van der Waals surface area contributed by atoms with Crippen LogP contribution in [-0.4, -0.2) is 17.2 Å². The molecule has 5 heteroatoms. The third-order valence-electron chi connectivity index (χ3n) is 7.90. The lowest BCUT2D eigenvalue weighted by Gasteiger charge is -2.40. The molecule has 198 valence electrons. The van der Waals surface area contributed by atoms with Crippen LogP contribution in [0, 0.1) is 0 Å². The molecule has 2 heterocycles. The highest BCUT2D eigenvalue weighted by atomic mass is 31.2. The van der Waals surface area contributed by atoms with Crippen molar-refractivity contribution in [1.82, 2.24) is 0 Å². The molecule has 2 aliphatic heterocycles. The molecule has 4 nitrogen and oxygen atoms in total. The van der Waals surface area contributed by atoms with E-state index < -0.39 is 18.3 Å². The number of benzene rings is 5. The van der Waals surface area contributed by atoms with Gasteiger partial charge in [0.05, 0.1) is 5.29 Å². The number of fused-ring (bicyclic) bond motifs is 2. The second-order valence-corrected chi connectivity index (χ2v) is 13.4. The van der Waals surface area contributed by atoms with Gasteiger partial charge >= 0.3 is 5.97 Å². The normalized spacial score (nSPS) is 18.0. The summed E-state index contributed by atoms with van der Waals surface area (Å²) in [5.74, 6) is -0.382. The predicted molar refractivity (Wildman–Crippen MR) is 167 cm³/mol. The smallest absolute Gasteiger partial charge is 0.342 e. The summed E-state index contributed by atoms with van der Waals surface area (Å²) in [5, 5.41) is 6.46. The van der Waals surface area contributed by atoms with E-state index in [1.54, 1.807) is 0 Å². The van der Waals surface area contributed by atoms with Crippen molar-refractivity contribution in [2.24, 2.45) is 0 Å². The van der Waals surface area contributed by atoms with Crippen LogP contribution in [0.5, 0.6) is 0 Å². The van der Waals surface area contributed by atoms with Crippen LogP contribution in [0.1, 0.15) is 11.1 Å². The van der Waals surface area contributed by atoms with Crippen LogP contribution in [0.2, 0.25) is 0 Å². The number of amides is 1. The molecule has 1 unspecified atom stereocenters. The number of ether oxygens (including phenoxy) is 1. The summed E-state index contributed by atoms with van der Waals surface area (Å²) in [7, 11) is 0. The average molecular weight is 552 g/mol. The number of para-hydroxylation sites is 1. The zero-order valence-corrected chi connectivity index (χ0v) is 23.0. The van der Waals surface area contributed by atoms with Crippen molar-refractivity contribution < 1.29 is 14.3 Å². The van der Waals surface area contributed by atoms with Gasteiger partial charge in [-0.2, -0.15) is 0 Å². The Morgan fingerprint density at radius 3 is 1.56 bits per heavy atom. The van der Waals surface area contributed by atoms with Crippen molar-refractivity contribution in [1.29, 1.82) is 0 Å². The van der Waals surface area contributed by atoms with Crippen molar-refractivity contribution in [3.63, 3.8) is 0 Å². The predicted octanol–water partition coefficient (Wildman–Crippen LogP) is 5.64. The zero-order valence-electron chi connectivity index (χ0n) is 22.1. The molecule has 0 saturated heterocycles. The molecule has 7 rings (SSSR count). The third kappa shape index (κ3) is 3.76. The maximum atomic E-state index is 14.8. The molecule has 5 aromatic carbocycles. The Morgan fingerprint density at radius 2 is 1.02 bits per heavy atom. The molecule has 1 amide bonds. The first kappa shape index (κ1) is 25.1. The molecular formula is C36H26NO3P. The van der Waals surface area contributed by atoms with Gasteiger partial charge in [0.2, 0.25) is 5.91 Å². The minimum atomic E-state index is -2.97. The molecule has 0 saturated carbocycles. The quantitative estimate of drug-likeness (QED) is 0.232. The topological polar surface area (TPSA) is 55.4 Å². The molecule has 5 aromatic rings. The molecule has 0 fully saturated rings. The van der Waals surface area contributed by atoms with Gasteiger partial charge in [-0.05, 0) is 40.5 Å². The zero-order chi connectivity index (χ0) is 27.9. The van der Waals surface area contributed by atoms with E-state index in [0.29, 0.717) is 16.7 Å². The number of anilines is 1. The lowest BCUT2D eigenvalue weighted by atomic mass is 9.76. The summed E-state index contributed by atoms with van der Waals surface area (Å²) >= 11 is 0. The summed E-state index contributed by atoms with van der Waals surface area (Å²) in [4.78, 5) is 29.3. The summed E-state index contributed by atoms with van der Waals surface area (Å²) in [6.07, 6.45) is 1.86. The van der Waals surface area contributed by atoms with E-state index in [9.17, 15) is 9.59 Å². The summed E-state index contributed by atoms with van der Waals surface area (Å²) in [5.41, 5.74) is 0.782. The minimum Gasteiger partial charge on any atom is -0.423 e. The fourth-order valence-electron chi connectivity index (χ4n) is 6.20. The number of hydrogen-bond donors (Lipinski definition) is 1. The lowest BCUT2D eigenvalue weighted by Crippen LogP contribution is -2.51. The van der Waals surface area contributed by atoms with Gasteiger partial charge < -0.3 is 10.1 Å². The fourth-order valence-corrected chi connectivity index (χ4v) is 10.9. The Labute approximate surface area is 238 Å². The number of carbonyl (C=O) groups excluding carboxylic acids is 2. The fraction of sp³-hybridized carbons (Fsp3) is 0.0278. The molecule has 0 aliphatic carbocycles. The van der Waals surface area contributed by atoms with Crippen LogP contribution in [0.25, 0.3) is 5.76 Å². The van der Waals surface area contributed by atoms with Crippen molar-refractivity contribution >= 4 is 51.4 Å². The SMILES string of the molecule is O=C1OC(c2ccccc2)=CC2(C(=O)Nc3ccccc32)C1=P(c1ccccc1)(c1ccccc1)c1ccccc1. The van der Waals surface area contributed by atoms with Crippen molar-refractivity contribution in [2.75, 3.05) is 5.32 Å². The van der Waals surface area contributed by atoms with E-state index in [1.165, 1.54) is 0 Å². The summed E-state index contributed by atoms with van der Waals surface area (Å²) in [6.45, 7) is -2.97. The first-order valence-corrected chi connectivity index (χ1v) is 15.3. The highest BCUT2D eigenvalue weighted by Crippen LogP contribution is 2.55. The van der Waals surface area contributed by atoms with Gasteiger partial charge in [-0.3, -0.25) is 4.79 Å². The second-order valence-electron chi connectivity index (χ2n) is 10.1. The van der Waals surface area contributed by atoms with Crippen LogP contribution in [-0.2, 0) is 19.7 Å². The van der Waals surface area contributed by atoms with Crippen molar-refractivity contribution in [3.8, 4) is 0 Å². The van der Waals surface area contributed by atoms with E-state index in [-0.39, 0.29) is 5.91 Å². The molecule has 0 bridgehead atoms. The first-order valence-electron chi connectivity index (χ1n) is 13.5. The van der Waals surface area contributed by atoms with Crippen LogP contribution in [0.15, 0.2) is 152 Å². The van der Waals surface area contributed by atoms with Crippen LogP contribution in [0.4, 0.5) is 5.69 Å². The molecule has 2 aliphatic rings. The molecular weight excluding hydrogens is 525 g/mol. The monoisotopic (exact) mass is 551 g/mol. The number of esters is 1. The summed E-state index contributed by atoms with van der Waals surface area (Å²) in [6, 6.07) is 47.4. The molecule has 1 N–H and O–H groups in total. The van der Waals surface area contributed by atoms with E-state index in [4.69, 9.17) is 4.74 Å².